The Morgan fingerprint density at radius 3 is 2.47 bits per heavy atom. The van der Waals surface area contributed by atoms with Gasteiger partial charge in [-0.25, -0.2) is 0 Å². The van der Waals surface area contributed by atoms with Crippen LogP contribution in [-0.4, -0.2) is 0 Å². The SMILES string of the molecule is Cc1cccc([C@H](C)NCc2ccccc2)c1. The molecule has 0 saturated carbocycles. The summed E-state index contributed by atoms with van der Waals surface area (Å²) >= 11 is 0. The molecule has 2 aromatic rings. The number of hydrogen-bond donors (Lipinski definition) is 1. The first kappa shape index (κ1) is 11.9. The van der Waals surface area contributed by atoms with E-state index in [1.54, 1.807) is 0 Å². The molecule has 0 unspecified atom stereocenters. The first-order valence-electron chi connectivity index (χ1n) is 6.09. The average Bonchev–Trinajstić information content (AvgIpc) is 2.37. The van der Waals surface area contributed by atoms with Gasteiger partial charge in [-0.1, -0.05) is 60.2 Å². The molecule has 2 aromatic carbocycles. The maximum absolute atomic E-state index is 3.54. The molecule has 0 spiro atoms. The summed E-state index contributed by atoms with van der Waals surface area (Å²) in [6.45, 7) is 5.25. The summed E-state index contributed by atoms with van der Waals surface area (Å²) in [5.41, 5.74) is 3.99. The third-order valence-electron chi connectivity index (χ3n) is 3.00. The lowest BCUT2D eigenvalue weighted by molar-refractivity contribution is 0.574. The molecule has 0 amide bonds. The monoisotopic (exact) mass is 225 g/mol. The second-order valence-corrected chi connectivity index (χ2v) is 4.50. The highest BCUT2D eigenvalue weighted by atomic mass is 14.9. The molecule has 0 aromatic heterocycles. The Balaban J connectivity index is 1.96. The lowest BCUT2D eigenvalue weighted by Gasteiger charge is -2.14. The molecule has 1 heteroatoms. The van der Waals surface area contributed by atoms with E-state index in [1.807, 2.05) is 6.07 Å². The highest BCUT2D eigenvalue weighted by Gasteiger charge is 2.04. The van der Waals surface area contributed by atoms with E-state index < -0.39 is 0 Å². The van der Waals surface area contributed by atoms with Crippen LogP contribution in [0.1, 0.15) is 29.7 Å². The van der Waals surface area contributed by atoms with Crippen LogP contribution in [0.5, 0.6) is 0 Å². The molecule has 1 N–H and O–H groups in total. The second-order valence-electron chi connectivity index (χ2n) is 4.50. The molecular formula is C16H19N. The predicted octanol–water partition coefficient (Wildman–Crippen LogP) is 3.85. The van der Waals surface area contributed by atoms with Gasteiger partial charge in [-0.05, 0) is 25.0 Å². The molecule has 0 aliphatic heterocycles. The van der Waals surface area contributed by atoms with Gasteiger partial charge in [0.25, 0.3) is 0 Å². The van der Waals surface area contributed by atoms with Gasteiger partial charge in [0.2, 0.25) is 0 Å². The summed E-state index contributed by atoms with van der Waals surface area (Å²) in [5.74, 6) is 0. The Hall–Kier alpha value is -1.60. The van der Waals surface area contributed by atoms with E-state index >= 15 is 0 Å². The second kappa shape index (κ2) is 5.65. The summed E-state index contributed by atoms with van der Waals surface area (Å²) in [7, 11) is 0. The van der Waals surface area contributed by atoms with Gasteiger partial charge >= 0.3 is 0 Å². The van der Waals surface area contributed by atoms with E-state index in [-0.39, 0.29) is 0 Å². The van der Waals surface area contributed by atoms with E-state index in [0.717, 1.165) is 6.54 Å². The summed E-state index contributed by atoms with van der Waals surface area (Å²) in [5, 5.41) is 3.54. The van der Waals surface area contributed by atoms with Crippen LogP contribution in [0, 0.1) is 6.92 Å². The molecule has 88 valence electrons. The number of nitrogens with one attached hydrogen (secondary N) is 1. The third-order valence-corrected chi connectivity index (χ3v) is 3.00. The fraction of sp³-hybridized carbons (Fsp3) is 0.250. The van der Waals surface area contributed by atoms with Crippen molar-refractivity contribution in [3.8, 4) is 0 Å². The van der Waals surface area contributed by atoms with Crippen LogP contribution in [-0.2, 0) is 6.54 Å². The lowest BCUT2D eigenvalue weighted by Crippen LogP contribution is -2.18. The fourth-order valence-corrected chi connectivity index (χ4v) is 1.92. The van der Waals surface area contributed by atoms with Crippen LogP contribution in [0.25, 0.3) is 0 Å². The fourth-order valence-electron chi connectivity index (χ4n) is 1.92. The molecule has 17 heavy (non-hydrogen) atoms. The first-order valence-corrected chi connectivity index (χ1v) is 6.09. The minimum absolute atomic E-state index is 0.384. The van der Waals surface area contributed by atoms with Gasteiger partial charge in [-0.15, -0.1) is 0 Å². The lowest BCUT2D eigenvalue weighted by atomic mass is 10.1. The first-order chi connectivity index (χ1) is 8.25. The number of rotatable bonds is 4. The standard InChI is InChI=1S/C16H19N/c1-13-7-6-10-16(11-13)14(2)17-12-15-8-4-3-5-9-15/h3-11,14,17H,12H2,1-2H3/t14-/m0/s1. The van der Waals surface area contributed by atoms with E-state index in [0.29, 0.717) is 6.04 Å². The largest absolute Gasteiger partial charge is 0.306 e. The quantitative estimate of drug-likeness (QED) is 0.833. The van der Waals surface area contributed by atoms with E-state index in [1.165, 1.54) is 16.7 Å². The molecule has 0 bridgehead atoms. The zero-order valence-electron chi connectivity index (χ0n) is 10.5. The van der Waals surface area contributed by atoms with Crippen molar-refractivity contribution in [1.29, 1.82) is 0 Å². The summed E-state index contributed by atoms with van der Waals surface area (Å²) in [6, 6.07) is 19.6. The van der Waals surface area contributed by atoms with Crippen LogP contribution in [0.15, 0.2) is 54.6 Å². The minimum atomic E-state index is 0.384. The Kier molecular flexibility index (Phi) is 3.94. The molecule has 1 atom stereocenters. The van der Waals surface area contributed by atoms with Crippen molar-refractivity contribution < 1.29 is 0 Å². The number of benzene rings is 2. The molecule has 0 aliphatic carbocycles. The minimum Gasteiger partial charge on any atom is -0.306 e. The van der Waals surface area contributed by atoms with Gasteiger partial charge in [0.05, 0.1) is 0 Å². The van der Waals surface area contributed by atoms with Gasteiger partial charge in [-0.3, -0.25) is 0 Å². The Bertz CT molecular complexity index is 462. The Morgan fingerprint density at radius 1 is 1.00 bits per heavy atom. The maximum atomic E-state index is 3.54. The smallest absolute Gasteiger partial charge is 0.0295 e. The molecule has 0 heterocycles. The van der Waals surface area contributed by atoms with Gasteiger partial charge in [-0.2, -0.15) is 0 Å². The van der Waals surface area contributed by atoms with E-state index in [2.05, 4.69) is 67.7 Å². The van der Waals surface area contributed by atoms with Crippen molar-refractivity contribution in [2.24, 2.45) is 0 Å². The molecule has 0 fully saturated rings. The summed E-state index contributed by atoms with van der Waals surface area (Å²) in [4.78, 5) is 0. The van der Waals surface area contributed by atoms with Gasteiger partial charge in [0.15, 0.2) is 0 Å². The summed E-state index contributed by atoms with van der Waals surface area (Å²) < 4.78 is 0. The van der Waals surface area contributed by atoms with E-state index in [4.69, 9.17) is 0 Å². The van der Waals surface area contributed by atoms with Crippen molar-refractivity contribution in [3.05, 3.63) is 71.3 Å². The van der Waals surface area contributed by atoms with Gasteiger partial charge in [0.1, 0.15) is 0 Å². The third kappa shape index (κ3) is 3.43. The average molecular weight is 225 g/mol. The number of aryl methyl sites for hydroxylation is 1. The van der Waals surface area contributed by atoms with Crippen LogP contribution in [0.4, 0.5) is 0 Å². The molecule has 2 rings (SSSR count). The van der Waals surface area contributed by atoms with Crippen LogP contribution >= 0.6 is 0 Å². The molecule has 0 saturated heterocycles. The molecule has 0 aliphatic rings. The highest BCUT2D eigenvalue weighted by molar-refractivity contribution is 5.25. The van der Waals surface area contributed by atoms with Gasteiger partial charge < -0.3 is 5.32 Å². The number of hydrogen-bond acceptors (Lipinski definition) is 1. The van der Waals surface area contributed by atoms with E-state index in [9.17, 15) is 0 Å². The zero-order chi connectivity index (χ0) is 12.1. The normalized spacial score (nSPS) is 12.4. The topological polar surface area (TPSA) is 12.0 Å². The van der Waals surface area contributed by atoms with Crippen LogP contribution < -0.4 is 5.32 Å². The van der Waals surface area contributed by atoms with Crippen molar-refractivity contribution in [3.63, 3.8) is 0 Å². The molecular weight excluding hydrogens is 206 g/mol. The highest BCUT2D eigenvalue weighted by Crippen LogP contribution is 2.14. The molecule has 1 nitrogen and oxygen atoms in total. The predicted molar refractivity (Wildman–Crippen MR) is 72.9 cm³/mol. The maximum Gasteiger partial charge on any atom is 0.0295 e. The van der Waals surface area contributed by atoms with Crippen LogP contribution in [0.3, 0.4) is 0 Å². The molecule has 0 radical (unpaired) electrons. The zero-order valence-corrected chi connectivity index (χ0v) is 10.5. The van der Waals surface area contributed by atoms with Crippen molar-refractivity contribution in [2.75, 3.05) is 0 Å². The summed E-state index contributed by atoms with van der Waals surface area (Å²) in [6.07, 6.45) is 0. The van der Waals surface area contributed by atoms with Gasteiger partial charge in [0, 0.05) is 12.6 Å². The Morgan fingerprint density at radius 2 is 1.76 bits per heavy atom. The Labute approximate surface area is 103 Å². The van der Waals surface area contributed by atoms with Crippen LogP contribution in [0.2, 0.25) is 0 Å². The van der Waals surface area contributed by atoms with Crippen molar-refractivity contribution in [2.45, 2.75) is 26.4 Å². The van der Waals surface area contributed by atoms with Crippen molar-refractivity contribution in [1.82, 2.24) is 5.32 Å². The van der Waals surface area contributed by atoms with Crippen molar-refractivity contribution >= 4 is 0 Å².